The average Bonchev–Trinajstić information content (AvgIpc) is 2.72. The summed E-state index contributed by atoms with van der Waals surface area (Å²) in [5, 5.41) is 3.51. The van der Waals surface area contributed by atoms with Gasteiger partial charge in [0.2, 0.25) is 5.79 Å². The fourth-order valence-electron chi connectivity index (χ4n) is 2.59. The molecule has 1 unspecified atom stereocenters. The van der Waals surface area contributed by atoms with Crippen molar-refractivity contribution in [3.63, 3.8) is 0 Å². The molecule has 110 valence electrons. The van der Waals surface area contributed by atoms with E-state index in [-0.39, 0.29) is 6.04 Å². The van der Waals surface area contributed by atoms with Gasteiger partial charge in [-0.05, 0) is 31.5 Å². The fourth-order valence-corrected chi connectivity index (χ4v) is 2.59. The van der Waals surface area contributed by atoms with Crippen LogP contribution >= 0.6 is 0 Å². The molecule has 1 aliphatic heterocycles. The average molecular weight is 283 g/mol. The smallest absolute Gasteiger partial charge is 0.246 e. The zero-order chi connectivity index (χ0) is 15.0. The van der Waals surface area contributed by atoms with E-state index in [0.717, 1.165) is 17.2 Å². The van der Waals surface area contributed by atoms with Crippen LogP contribution in [0, 0.1) is 6.92 Å². The molecule has 3 heteroatoms. The Morgan fingerprint density at radius 3 is 2.52 bits per heavy atom. The summed E-state index contributed by atoms with van der Waals surface area (Å²) in [6.45, 7) is 8.09. The third-order valence-corrected chi connectivity index (χ3v) is 3.58. The lowest BCUT2D eigenvalue weighted by atomic mass is 10.1. The summed E-state index contributed by atoms with van der Waals surface area (Å²) in [5.41, 5.74) is 3.57. The van der Waals surface area contributed by atoms with E-state index in [1.54, 1.807) is 0 Å². The van der Waals surface area contributed by atoms with Crippen molar-refractivity contribution in [2.45, 2.75) is 39.5 Å². The van der Waals surface area contributed by atoms with E-state index < -0.39 is 5.79 Å². The predicted molar refractivity (Wildman–Crippen MR) is 85.0 cm³/mol. The molecule has 1 aliphatic rings. The molecule has 2 aromatic rings. The highest BCUT2D eigenvalue weighted by atomic mass is 16.7. The van der Waals surface area contributed by atoms with Crippen LogP contribution in [0.25, 0.3) is 0 Å². The normalized spacial score (nSPS) is 16.6. The van der Waals surface area contributed by atoms with Gasteiger partial charge in [0, 0.05) is 31.6 Å². The fraction of sp³-hybridized carbons (Fsp3) is 0.333. The largest absolute Gasteiger partial charge is 0.449 e. The minimum atomic E-state index is -0.580. The summed E-state index contributed by atoms with van der Waals surface area (Å²) >= 11 is 0. The van der Waals surface area contributed by atoms with Crippen molar-refractivity contribution in [3.8, 4) is 11.5 Å². The maximum atomic E-state index is 5.78. The minimum Gasteiger partial charge on any atom is -0.449 e. The summed E-state index contributed by atoms with van der Waals surface area (Å²) in [6, 6.07) is 14.7. The van der Waals surface area contributed by atoms with Crippen LogP contribution in [0.5, 0.6) is 11.5 Å². The van der Waals surface area contributed by atoms with Gasteiger partial charge in [-0.15, -0.1) is 0 Å². The van der Waals surface area contributed by atoms with E-state index in [2.05, 4.69) is 43.4 Å². The molecule has 1 heterocycles. The first-order chi connectivity index (χ1) is 9.93. The van der Waals surface area contributed by atoms with Crippen molar-refractivity contribution >= 4 is 5.69 Å². The zero-order valence-corrected chi connectivity index (χ0v) is 12.9. The Kier molecular flexibility index (Phi) is 3.28. The molecule has 1 N–H and O–H groups in total. The second-order valence-corrected chi connectivity index (χ2v) is 6.05. The number of anilines is 1. The van der Waals surface area contributed by atoms with Crippen LogP contribution in [0.1, 0.15) is 37.9 Å². The lowest BCUT2D eigenvalue weighted by Gasteiger charge is -2.17. The topological polar surface area (TPSA) is 30.5 Å². The van der Waals surface area contributed by atoms with Gasteiger partial charge >= 0.3 is 0 Å². The Morgan fingerprint density at radius 2 is 1.76 bits per heavy atom. The standard InChI is InChI=1S/C18H21NO2/c1-12-6-5-7-14(10-12)13(2)19-15-8-9-16-17(11-15)21-18(3,4)20-16/h5-11,13,19H,1-4H3. The van der Waals surface area contributed by atoms with Crippen LogP contribution in [-0.4, -0.2) is 5.79 Å². The number of rotatable bonds is 3. The Hall–Kier alpha value is -2.16. The number of hydrogen-bond donors (Lipinski definition) is 1. The van der Waals surface area contributed by atoms with E-state index in [0.29, 0.717) is 0 Å². The van der Waals surface area contributed by atoms with Gasteiger partial charge in [-0.2, -0.15) is 0 Å². The highest BCUT2D eigenvalue weighted by molar-refractivity contribution is 5.57. The van der Waals surface area contributed by atoms with Crippen LogP contribution in [0.2, 0.25) is 0 Å². The Bertz CT molecular complexity index is 664. The number of benzene rings is 2. The van der Waals surface area contributed by atoms with Gasteiger partial charge in [0.25, 0.3) is 0 Å². The molecule has 1 atom stereocenters. The monoisotopic (exact) mass is 283 g/mol. The van der Waals surface area contributed by atoms with Crippen LogP contribution in [-0.2, 0) is 0 Å². The van der Waals surface area contributed by atoms with Crippen molar-refractivity contribution in [2.24, 2.45) is 0 Å². The second-order valence-electron chi connectivity index (χ2n) is 6.05. The molecule has 0 radical (unpaired) electrons. The van der Waals surface area contributed by atoms with E-state index in [1.807, 2.05) is 32.0 Å². The summed E-state index contributed by atoms with van der Waals surface area (Å²) < 4.78 is 11.5. The van der Waals surface area contributed by atoms with Gasteiger partial charge in [-0.3, -0.25) is 0 Å². The van der Waals surface area contributed by atoms with Gasteiger partial charge < -0.3 is 14.8 Å². The first-order valence-electron chi connectivity index (χ1n) is 7.28. The Morgan fingerprint density at radius 1 is 1.00 bits per heavy atom. The number of aryl methyl sites for hydroxylation is 1. The number of hydrogen-bond acceptors (Lipinski definition) is 3. The first kappa shape index (κ1) is 13.8. The van der Waals surface area contributed by atoms with Crippen molar-refractivity contribution in [3.05, 3.63) is 53.6 Å². The lowest BCUT2D eigenvalue weighted by molar-refractivity contribution is -0.0431. The quantitative estimate of drug-likeness (QED) is 0.887. The highest BCUT2D eigenvalue weighted by Gasteiger charge is 2.31. The molecule has 0 spiro atoms. The van der Waals surface area contributed by atoms with E-state index >= 15 is 0 Å². The summed E-state index contributed by atoms with van der Waals surface area (Å²) in [4.78, 5) is 0. The van der Waals surface area contributed by atoms with Crippen LogP contribution in [0.15, 0.2) is 42.5 Å². The van der Waals surface area contributed by atoms with Gasteiger partial charge in [-0.1, -0.05) is 29.8 Å². The molecule has 0 bridgehead atoms. The third-order valence-electron chi connectivity index (χ3n) is 3.58. The van der Waals surface area contributed by atoms with E-state index in [9.17, 15) is 0 Å². The summed E-state index contributed by atoms with van der Waals surface area (Å²) in [7, 11) is 0. The molecule has 0 aromatic heterocycles. The highest BCUT2D eigenvalue weighted by Crippen LogP contribution is 2.41. The van der Waals surface area contributed by atoms with Crippen molar-refractivity contribution in [2.75, 3.05) is 5.32 Å². The molecule has 3 nitrogen and oxygen atoms in total. The van der Waals surface area contributed by atoms with Crippen molar-refractivity contribution in [1.29, 1.82) is 0 Å². The van der Waals surface area contributed by atoms with Gasteiger partial charge in [0.1, 0.15) is 0 Å². The van der Waals surface area contributed by atoms with Crippen LogP contribution in [0.4, 0.5) is 5.69 Å². The molecule has 0 saturated carbocycles. The molecule has 0 fully saturated rings. The van der Waals surface area contributed by atoms with E-state index in [1.165, 1.54) is 11.1 Å². The molecular formula is C18H21NO2. The van der Waals surface area contributed by atoms with Crippen molar-refractivity contribution in [1.82, 2.24) is 0 Å². The first-order valence-corrected chi connectivity index (χ1v) is 7.28. The molecule has 21 heavy (non-hydrogen) atoms. The lowest BCUT2D eigenvalue weighted by Crippen LogP contribution is -2.29. The van der Waals surface area contributed by atoms with E-state index in [4.69, 9.17) is 9.47 Å². The molecular weight excluding hydrogens is 262 g/mol. The van der Waals surface area contributed by atoms with Crippen LogP contribution in [0.3, 0.4) is 0 Å². The second kappa shape index (κ2) is 4.99. The SMILES string of the molecule is Cc1cccc(C(C)Nc2ccc3c(c2)OC(C)(C)O3)c1. The molecule has 0 aliphatic carbocycles. The summed E-state index contributed by atoms with van der Waals surface area (Å²) in [5.74, 6) is 1.01. The Labute approximate surface area is 125 Å². The Balaban J connectivity index is 1.77. The molecule has 0 amide bonds. The predicted octanol–water partition coefficient (Wildman–Crippen LogP) is 4.68. The van der Waals surface area contributed by atoms with Gasteiger partial charge in [0.15, 0.2) is 11.5 Å². The summed E-state index contributed by atoms with van der Waals surface area (Å²) in [6.07, 6.45) is 0. The maximum Gasteiger partial charge on any atom is 0.246 e. The molecule has 0 saturated heterocycles. The molecule has 2 aromatic carbocycles. The number of nitrogens with one attached hydrogen (secondary N) is 1. The number of ether oxygens (including phenoxy) is 2. The minimum absolute atomic E-state index is 0.235. The molecule has 3 rings (SSSR count). The maximum absolute atomic E-state index is 5.78. The van der Waals surface area contributed by atoms with Gasteiger partial charge in [0.05, 0.1) is 0 Å². The zero-order valence-electron chi connectivity index (χ0n) is 12.9. The number of fused-ring (bicyclic) bond motifs is 1. The van der Waals surface area contributed by atoms with Crippen molar-refractivity contribution < 1.29 is 9.47 Å². The third kappa shape index (κ3) is 2.97. The van der Waals surface area contributed by atoms with Gasteiger partial charge in [-0.25, -0.2) is 0 Å². The van der Waals surface area contributed by atoms with Crippen LogP contribution < -0.4 is 14.8 Å².